The number of nitrogens with two attached hydrogens (primary N) is 1. The van der Waals surface area contributed by atoms with Crippen molar-refractivity contribution < 1.29 is 4.79 Å². The zero-order valence-corrected chi connectivity index (χ0v) is 13.1. The smallest absolute Gasteiger partial charge is 0.255 e. The molecule has 2 aromatic heterocycles. The Hall–Kier alpha value is -2.73. The highest BCUT2D eigenvalue weighted by atomic mass is 16.1. The first-order valence-corrected chi connectivity index (χ1v) is 7.58. The number of anilines is 1. The fourth-order valence-electron chi connectivity index (χ4n) is 2.65. The van der Waals surface area contributed by atoms with Crippen LogP contribution in [0.25, 0.3) is 11.0 Å². The number of H-pyrrole nitrogens is 1. The number of benzene rings is 1. The number of nitrogens with zero attached hydrogens (tertiary/aromatic N) is 2. The zero-order chi connectivity index (χ0) is 16.4. The molecule has 0 fully saturated rings. The number of nitrogens with one attached hydrogen (secondary N) is 2. The van der Waals surface area contributed by atoms with Gasteiger partial charge < -0.3 is 11.1 Å². The van der Waals surface area contributed by atoms with Crippen LogP contribution in [0.4, 0.5) is 5.69 Å². The number of pyridine rings is 1. The molecule has 0 aliphatic rings. The molecule has 0 aliphatic carbocycles. The Morgan fingerprint density at radius 3 is 2.96 bits per heavy atom. The normalized spacial score (nSPS) is 12.3. The van der Waals surface area contributed by atoms with E-state index in [-0.39, 0.29) is 11.9 Å². The lowest BCUT2D eigenvalue weighted by molar-refractivity contribution is 0.102. The Labute approximate surface area is 134 Å². The molecule has 0 spiro atoms. The number of hydrogen-bond donors (Lipinski definition) is 3. The van der Waals surface area contributed by atoms with Crippen molar-refractivity contribution in [2.45, 2.75) is 26.3 Å². The molecule has 3 rings (SSSR count). The van der Waals surface area contributed by atoms with Crippen LogP contribution in [-0.2, 0) is 6.42 Å². The standard InChI is InChI=1S/C17H19N5O/c1-3-11-8-12(4-5-13(11)10(2)18)17(23)21-15-6-7-19-16-14(15)9-20-22-16/h4-10H,3,18H2,1-2H3,(H2,19,20,21,22,23). The lowest BCUT2D eigenvalue weighted by Crippen LogP contribution is -2.14. The number of hydrogen-bond acceptors (Lipinski definition) is 4. The number of fused-ring (bicyclic) bond motifs is 1. The summed E-state index contributed by atoms with van der Waals surface area (Å²) in [5, 5.41) is 10.4. The van der Waals surface area contributed by atoms with E-state index in [0.717, 1.165) is 22.9 Å². The second kappa shape index (κ2) is 6.18. The molecule has 1 aromatic carbocycles. The minimum Gasteiger partial charge on any atom is -0.324 e. The van der Waals surface area contributed by atoms with Crippen molar-refractivity contribution in [1.82, 2.24) is 15.2 Å². The van der Waals surface area contributed by atoms with Gasteiger partial charge in [0, 0.05) is 17.8 Å². The molecule has 4 N–H and O–H groups in total. The highest BCUT2D eigenvalue weighted by molar-refractivity contribution is 6.08. The predicted octanol–water partition coefficient (Wildman–Crippen LogP) is 2.79. The summed E-state index contributed by atoms with van der Waals surface area (Å²) in [6.45, 7) is 4.00. The van der Waals surface area contributed by atoms with Gasteiger partial charge in [0.05, 0.1) is 17.3 Å². The van der Waals surface area contributed by atoms with Gasteiger partial charge in [0.2, 0.25) is 0 Å². The van der Waals surface area contributed by atoms with Gasteiger partial charge in [0.1, 0.15) is 0 Å². The van der Waals surface area contributed by atoms with E-state index in [0.29, 0.717) is 16.9 Å². The van der Waals surface area contributed by atoms with Crippen molar-refractivity contribution in [3.8, 4) is 0 Å². The Morgan fingerprint density at radius 2 is 2.22 bits per heavy atom. The quantitative estimate of drug-likeness (QED) is 0.690. The van der Waals surface area contributed by atoms with Gasteiger partial charge in [-0.05, 0) is 42.7 Å². The molecule has 3 aromatic rings. The maximum atomic E-state index is 12.5. The third kappa shape index (κ3) is 2.93. The summed E-state index contributed by atoms with van der Waals surface area (Å²) in [6.07, 6.45) is 4.11. The molecule has 1 amide bonds. The van der Waals surface area contributed by atoms with E-state index in [1.165, 1.54) is 0 Å². The summed E-state index contributed by atoms with van der Waals surface area (Å²) in [6, 6.07) is 7.35. The maximum Gasteiger partial charge on any atom is 0.255 e. The van der Waals surface area contributed by atoms with Crippen LogP contribution in [0.15, 0.2) is 36.7 Å². The van der Waals surface area contributed by atoms with Crippen LogP contribution >= 0.6 is 0 Å². The molecule has 0 saturated carbocycles. The number of rotatable bonds is 4. The van der Waals surface area contributed by atoms with E-state index in [4.69, 9.17) is 5.73 Å². The summed E-state index contributed by atoms with van der Waals surface area (Å²) in [4.78, 5) is 16.7. The summed E-state index contributed by atoms with van der Waals surface area (Å²) in [5.41, 5.74) is 10.1. The third-order valence-electron chi connectivity index (χ3n) is 3.88. The highest BCUT2D eigenvalue weighted by Crippen LogP contribution is 2.22. The first-order valence-electron chi connectivity index (χ1n) is 7.58. The van der Waals surface area contributed by atoms with E-state index in [9.17, 15) is 4.79 Å². The third-order valence-corrected chi connectivity index (χ3v) is 3.88. The summed E-state index contributed by atoms with van der Waals surface area (Å²) in [5.74, 6) is -0.162. The molecule has 23 heavy (non-hydrogen) atoms. The van der Waals surface area contributed by atoms with Crippen LogP contribution in [0.5, 0.6) is 0 Å². The van der Waals surface area contributed by atoms with E-state index >= 15 is 0 Å². The summed E-state index contributed by atoms with van der Waals surface area (Å²) < 4.78 is 0. The lowest BCUT2D eigenvalue weighted by atomic mass is 9.97. The summed E-state index contributed by atoms with van der Waals surface area (Å²) in [7, 11) is 0. The van der Waals surface area contributed by atoms with Gasteiger partial charge in [0.15, 0.2) is 5.65 Å². The minimum absolute atomic E-state index is 0.0483. The Kier molecular flexibility index (Phi) is 4.08. The average Bonchev–Trinajstić information content (AvgIpc) is 3.03. The topological polar surface area (TPSA) is 96.7 Å². The van der Waals surface area contributed by atoms with Gasteiger partial charge in [-0.3, -0.25) is 9.89 Å². The fourth-order valence-corrected chi connectivity index (χ4v) is 2.65. The van der Waals surface area contributed by atoms with Crippen LogP contribution in [0, 0.1) is 0 Å². The number of amides is 1. The van der Waals surface area contributed by atoms with Crippen molar-refractivity contribution in [2.75, 3.05) is 5.32 Å². The monoisotopic (exact) mass is 309 g/mol. The second-order valence-electron chi connectivity index (χ2n) is 5.50. The average molecular weight is 309 g/mol. The Balaban J connectivity index is 1.90. The first kappa shape index (κ1) is 15.2. The van der Waals surface area contributed by atoms with E-state index in [1.54, 1.807) is 24.5 Å². The van der Waals surface area contributed by atoms with Crippen molar-refractivity contribution in [2.24, 2.45) is 5.73 Å². The van der Waals surface area contributed by atoms with Crippen molar-refractivity contribution in [3.63, 3.8) is 0 Å². The molecule has 6 nitrogen and oxygen atoms in total. The van der Waals surface area contributed by atoms with E-state index in [2.05, 4.69) is 27.4 Å². The molecule has 0 saturated heterocycles. The van der Waals surface area contributed by atoms with Gasteiger partial charge in [-0.1, -0.05) is 13.0 Å². The van der Waals surface area contributed by atoms with Gasteiger partial charge in [-0.15, -0.1) is 0 Å². The van der Waals surface area contributed by atoms with E-state index in [1.807, 2.05) is 19.1 Å². The van der Waals surface area contributed by atoms with Crippen molar-refractivity contribution >= 4 is 22.6 Å². The molecule has 118 valence electrons. The van der Waals surface area contributed by atoms with Crippen LogP contribution in [-0.4, -0.2) is 21.1 Å². The number of aromatic amines is 1. The fraction of sp³-hybridized carbons (Fsp3) is 0.235. The van der Waals surface area contributed by atoms with Gasteiger partial charge in [-0.25, -0.2) is 4.98 Å². The molecule has 0 radical (unpaired) electrons. The Bertz CT molecular complexity index is 853. The van der Waals surface area contributed by atoms with Crippen LogP contribution < -0.4 is 11.1 Å². The van der Waals surface area contributed by atoms with Gasteiger partial charge in [0.25, 0.3) is 5.91 Å². The molecule has 6 heteroatoms. The van der Waals surface area contributed by atoms with Crippen molar-refractivity contribution in [1.29, 1.82) is 0 Å². The van der Waals surface area contributed by atoms with Crippen molar-refractivity contribution in [3.05, 3.63) is 53.3 Å². The lowest BCUT2D eigenvalue weighted by Gasteiger charge is -2.13. The molecule has 0 aliphatic heterocycles. The highest BCUT2D eigenvalue weighted by Gasteiger charge is 2.13. The number of carbonyl (C=O) groups excluding carboxylic acids is 1. The van der Waals surface area contributed by atoms with E-state index < -0.39 is 0 Å². The molecule has 1 unspecified atom stereocenters. The molecule has 2 heterocycles. The van der Waals surface area contributed by atoms with Gasteiger partial charge in [-0.2, -0.15) is 5.10 Å². The molecule has 1 atom stereocenters. The van der Waals surface area contributed by atoms with Crippen LogP contribution in [0.1, 0.15) is 41.4 Å². The molecular formula is C17H19N5O. The number of aryl methyl sites for hydroxylation is 1. The number of carbonyl (C=O) groups is 1. The largest absolute Gasteiger partial charge is 0.324 e. The SMILES string of the molecule is CCc1cc(C(=O)Nc2ccnc3[nH]ncc23)ccc1C(C)N. The number of aromatic nitrogens is 3. The summed E-state index contributed by atoms with van der Waals surface area (Å²) >= 11 is 0. The first-order chi connectivity index (χ1) is 11.1. The molecular weight excluding hydrogens is 290 g/mol. The maximum absolute atomic E-state index is 12.5. The van der Waals surface area contributed by atoms with Crippen LogP contribution in [0.3, 0.4) is 0 Å². The Morgan fingerprint density at radius 1 is 1.39 bits per heavy atom. The minimum atomic E-state index is -0.162. The second-order valence-corrected chi connectivity index (χ2v) is 5.50. The van der Waals surface area contributed by atoms with Crippen LogP contribution in [0.2, 0.25) is 0 Å². The van der Waals surface area contributed by atoms with Gasteiger partial charge >= 0.3 is 0 Å². The molecule has 0 bridgehead atoms. The zero-order valence-electron chi connectivity index (χ0n) is 13.1. The predicted molar refractivity (Wildman–Crippen MR) is 90.3 cm³/mol.